The summed E-state index contributed by atoms with van der Waals surface area (Å²) in [6.45, 7) is 4.02. The van der Waals surface area contributed by atoms with Crippen LogP contribution in [0, 0.1) is 5.92 Å². The third-order valence-electron chi connectivity index (χ3n) is 2.36. The zero-order chi connectivity index (χ0) is 12.8. The summed E-state index contributed by atoms with van der Waals surface area (Å²) in [7, 11) is 3.06. The number of benzene rings is 1. The lowest BCUT2D eigenvalue weighted by Gasteiger charge is -2.17. The summed E-state index contributed by atoms with van der Waals surface area (Å²) >= 11 is 1.52. The third-order valence-corrected chi connectivity index (χ3v) is 3.90. The molecular formula is C13H18O3S. The Kier molecular flexibility index (Phi) is 5.35. The van der Waals surface area contributed by atoms with Crippen molar-refractivity contribution in [3.63, 3.8) is 0 Å². The van der Waals surface area contributed by atoms with Gasteiger partial charge in [0.05, 0.1) is 14.2 Å². The number of methoxy groups -OCH3 is 2. The summed E-state index contributed by atoms with van der Waals surface area (Å²) in [6, 6.07) is 7.66. The average molecular weight is 254 g/mol. The first-order chi connectivity index (χ1) is 8.08. The third kappa shape index (κ3) is 3.97. The van der Waals surface area contributed by atoms with Crippen molar-refractivity contribution >= 4 is 17.7 Å². The number of thioether (sulfide) groups is 1. The molecule has 4 heteroatoms. The predicted octanol–water partition coefficient (Wildman–Crippen LogP) is 2.98. The van der Waals surface area contributed by atoms with Crippen molar-refractivity contribution in [1.29, 1.82) is 0 Å². The minimum absolute atomic E-state index is 0.173. The monoisotopic (exact) mass is 254 g/mol. The van der Waals surface area contributed by atoms with Crippen molar-refractivity contribution in [3.05, 3.63) is 24.3 Å². The van der Waals surface area contributed by atoms with Crippen LogP contribution in [-0.4, -0.2) is 25.4 Å². The van der Waals surface area contributed by atoms with Gasteiger partial charge in [-0.25, -0.2) is 0 Å². The lowest BCUT2D eigenvalue weighted by Crippen LogP contribution is -2.24. The lowest BCUT2D eigenvalue weighted by molar-refractivity contribution is -0.140. The van der Waals surface area contributed by atoms with E-state index >= 15 is 0 Å². The first kappa shape index (κ1) is 13.9. The van der Waals surface area contributed by atoms with E-state index in [2.05, 4.69) is 0 Å². The van der Waals surface area contributed by atoms with Crippen LogP contribution in [0.2, 0.25) is 0 Å². The molecule has 0 amide bonds. The van der Waals surface area contributed by atoms with Gasteiger partial charge in [-0.05, 0) is 30.2 Å². The van der Waals surface area contributed by atoms with Gasteiger partial charge in [0.2, 0.25) is 0 Å². The molecular weight excluding hydrogens is 236 g/mol. The quantitative estimate of drug-likeness (QED) is 0.598. The Hall–Kier alpha value is -1.16. The number of esters is 1. The number of carbonyl (C=O) groups is 1. The number of hydrogen-bond donors (Lipinski definition) is 0. The first-order valence-corrected chi connectivity index (χ1v) is 6.35. The Morgan fingerprint density at radius 2 is 1.76 bits per heavy atom. The summed E-state index contributed by atoms with van der Waals surface area (Å²) in [5.74, 6) is 0.865. The predicted molar refractivity (Wildman–Crippen MR) is 69.5 cm³/mol. The summed E-state index contributed by atoms with van der Waals surface area (Å²) in [6.07, 6.45) is 0. The number of rotatable bonds is 5. The normalized spacial score (nSPS) is 12.3. The standard InChI is InChI=1S/C13H18O3S/c1-9(2)12(13(14)16-4)17-11-7-5-10(15-3)6-8-11/h5-9,12H,1-4H3. The van der Waals surface area contributed by atoms with Gasteiger partial charge in [0, 0.05) is 4.90 Å². The molecule has 0 N–H and O–H groups in total. The Morgan fingerprint density at radius 1 is 1.18 bits per heavy atom. The van der Waals surface area contributed by atoms with Crippen LogP contribution in [-0.2, 0) is 9.53 Å². The van der Waals surface area contributed by atoms with Crippen molar-refractivity contribution in [2.75, 3.05) is 14.2 Å². The number of carbonyl (C=O) groups excluding carboxylic acids is 1. The fourth-order valence-corrected chi connectivity index (χ4v) is 2.42. The summed E-state index contributed by atoms with van der Waals surface area (Å²) in [5, 5.41) is -0.173. The molecule has 1 atom stereocenters. The van der Waals surface area contributed by atoms with Gasteiger partial charge in [-0.2, -0.15) is 0 Å². The van der Waals surface area contributed by atoms with E-state index in [1.165, 1.54) is 18.9 Å². The highest BCUT2D eigenvalue weighted by atomic mass is 32.2. The number of hydrogen-bond acceptors (Lipinski definition) is 4. The molecule has 0 aliphatic heterocycles. The molecule has 0 saturated heterocycles. The molecule has 0 fully saturated rings. The molecule has 1 aromatic carbocycles. The molecule has 0 radical (unpaired) electrons. The van der Waals surface area contributed by atoms with Gasteiger partial charge in [0.1, 0.15) is 11.0 Å². The van der Waals surface area contributed by atoms with Crippen LogP contribution >= 0.6 is 11.8 Å². The fraction of sp³-hybridized carbons (Fsp3) is 0.462. The molecule has 17 heavy (non-hydrogen) atoms. The largest absolute Gasteiger partial charge is 0.497 e. The van der Waals surface area contributed by atoms with Gasteiger partial charge in [-0.3, -0.25) is 4.79 Å². The van der Waals surface area contributed by atoms with E-state index in [0.29, 0.717) is 0 Å². The Morgan fingerprint density at radius 3 is 2.18 bits per heavy atom. The lowest BCUT2D eigenvalue weighted by atomic mass is 10.1. The molecule has 1 rings (SSSR count). The van der Waals surface area contributed by atoms with Crippen LogP contribution in [0.4, 0.5) is 0 Å². The molecule has 0 spiro atoms. The molecule has 0 bridgehead atoms. The smallest absolute Gasteiger partial charge is 0.319 e. The van der Waals surface area contributed by atoms with Crippen LogP contribution in [0.3, 0.4) is 0 Å². The topological polar surface area (TPSA) is 35.5 Å². The molecule has 94 valence electrons. The maximum Gasteiger partial charge on any atom is 0.319 e. The second kappa shape index (κ2) is 6.55. The Labute approximate surface area is 106 Å². The molecule has 1 unspecified atom stereocenters. The second-order valence-corrected chi connectivity index (χ2v) is 5.20. The summed E-state index contributed by atoms with van der Waals surface area (Å²) < 4.78 is 9.90. The van der Waals surface area contributed by atoms with Crippen LogP contribution in [0.1, 0.15) is 13.8 Å². The van der Waals surface area contributed by atoms with Gasteiger partial charge in [0.15, 0.2) is 0 Å². The van der Waals surface area contributed by atoms with Gasteiger partial charge in [-0.15, -0.1) is 11.8 Å². The molecule has 0 saturated carbocycles. The van der Waals surface area contributed by atoms with Gasteiger partial charge < -0.3 is 9.47 Å². The first-order valence-electron chi connectivity index (χ1n) is 5.47. The van der Waals surface area contributed by atoms with E-state index in [1.807, 2.05) is 38.1 Å². The fourth-order valence-electron chi connectivity index (χ4n) is 1.37. The van der Waals surface area contributed by atoms with Gasteiger partial charge in [0.25, 0.3) is 0 Å². The van der Waals surface area contributed by atoms with Crippen molar-refractivity contribution in [2.45, 2.75) is 24.0 Å². The molecule has 1 aromatic rings. The Bertz CT molecular complexity index is 359. The van der Waals surface area contributed by atoms with E-state index < -0.39 is 0 Å². The molecule has 0 aliphatic carbocycles. The van der Waals surface area contributed by atoms with E-state index in [0.717, 1.165) is 10.6 Å². The highest BCUT2D eigenvalue weighted by Gasteiger charge is 2.24. The van der Waals surface area contributed by atoms with Crippen molar-refractivity contribution in [1.82, 2.24) is 0 Å². The molecule has 3 nitrogen and oxygen atoms in total. The van der Waals surface area contributed by atoms with Crippen molar-refractivity contribution in [2.24, 2.45) is 5.92 Å². The van der Waals surface area contributed by atoms with Crippen molar-refractivity contribution < 1.29 is 14.3 Å². The maximum absolute atomic E-state index is 11.6. The average Bonchev–Trinajstić information content (AvgIpc) is 2.35. The highest BCUT2D eigenvalue weighted by Crippen LogP contribution is 2.30. The van der Waals surface area contributed by atoms with E-state index in [4.69, 9.17) is 9.47 Å². The molecule has 0 aromatic heterocycles. The highest BCUT2D eigenvalue weighted by molar-refractivity contribution is 8.00. The zero-order valence-electron chi connectivity index (χ0n) is 10.6. The van der Waals surface area contributed by atoms with Crippen LogP contribution in [0.5, 0.6) is 5.75 Å². The van der Waals surface area contributed by atoms with Crippen LogP contribution in [0.25, 0.3) is 0 Å². The Balaban J connectivity index is 2.75. The van der Waals surface area contributed by atoms with Crippen molar-refractivity contribution in [3.8, 4) is 5.75 Å². The van der Waals surface area contributed by atoms with Gasteiger partial charge in [-0.1, -0.05) is 13.8 Å². The minimum Gasteiger partial charge on any atom is -0.497 e. The number of ether oxygens (including phenoxy) is 2. The van der Waals surface area contributed by atoms with E-state index in [1.54, 1.807) is 7.11 Å². The second-order valence-electron chi connectivity index (χ2n) is 3.98. The SMILES string of the molecule is COC(=O)C(Sc1ccc(OC)cc1)C(C)C. The van der Waals surface area contributed by atoms with Crippen LogP contribution < -0.4 is 4.74 Å². The maximum atomic E-state index is 11.6. The summed E-state index contributed by atoms with van der Waals surface area (Å²) in [4.78, 5) is 12.7. The summed E-state index contributed by atoms with van der Waals surface area (Å²) in [5.41, 5.74) is 0. The van der Waals surface area contributed by atoms with E-state index in [-0.39, 0.29) is 17.1 Å². The minimum atomic E-state index is -0.180. The molecule has 0 aliphatic rings. The zero-order valence-corrected chi connectivity index (χ0v) is 11.4. The molecule has 0 heterocycles. The van der Waals surface area contributed by atoms with Gasteiger partial charge >= 0.3 is 5.97 Å². The van der Waals surface area contributed by atoms with E-state index in [9.17, 15) is 4.79 Å². The van der Waals surface area contributed by atoms with Crippen LogP contribution in [0.15, 0.2) is 29.2 Å².